The van der Waals surface area contributed by atoms with Crippen LogP contribution in [0.5, 0.6) is 0 Å². The molecule has 0 radical (unpaired) electrons. The summed E-state index contributed by atoms with van der Waals surface area (Å²) >= 11 is 0. The fourth-order valence-corrected chi connectivity index (χ4v) is 5.06. The van der Waals surface area contributed by atoms with E-state index in [0.29, 0.717) is 26.4 Å². The summed E-state index contributed by atoms with van der Waals surface area (Å²) in [6.07, 6.45) is 0. The predicted octanol–water partition coefficient (Wildman–Crippen LogP) is 6.92. The zero-order chi connectivity index (χ0) is 23.7. The smallest absolute Gasteiger partial charge is 0.147 e. The summed E-state index contributed by atoms with van der Waals surface area (Å²) < 4.78 is 24.0. The van der Waals surface area contributed by atoms with Gasteiger partial charge < -0.3 is 18.9 Å². The predicted molar refractivity (Wildman–Crippen MR) is 136 cm³/mol. The van der Waals surface area contributed by atoms with E-state index in [0.717, 1.165) is 0 Å². The van der Waals surface area contributed by atoms with Crippen molar-refractivity contribution in [2.75, 3.05) is 13.6 Å². The van der Waals surface area contributed by atoms with E-state index in [1.165, 1.54) is 66.1 Å². The SMILES string of the molecule is Cc1cc2c3cc(C)cc(c3c1)COCOCc1cc(C)cc3c(cc(C)cc13)COCOC2. The lowest BCUT2D eigenvalue weighted by Crippen LogP contribution is -2.05. The van der Waals surface area contributed by atoms with Crippen LogP contribution >= 0.6 is 0 Å². The van der Waals surface area contributed by atoms with Crippen molar-refractivity contribution in [2.45, 2.75) is 54.1 Å². The normalized spacial score (nSPS) is 15.6. The molecule has 4 nitrogen and oxygen atoms in total. The highest BCUT2D eigenvalue weighted by Crippen LogP contribution is 2.29. The van der Waals surface area contributed by atoms with Gasteiger partial charge in [0, 0.05) is 0 Å². The van der Waals surface area contributed by atoms with Crippen LogP contribution in [0.15, 0.2) is 48.5 Å². The van der Waals surface area contributed by atoms with Crippen molar-refractivity contribution >= 4 is 21.5 Å². The first-order chi connectivity index (χ1) is 16.5. The number of rotatable bonds is 0. The van der Waals surface area contributed by atoms with Crippen LogP contribution in [0.1, 0.15) is 44.5 Å². The Bertz CT molecular complexity index is 1150. The van der Waals surface area contributed by atoms with Crippen molar-refractivity contribution in [1.82, 2.24) is 0 Å². The Morgan fingerprint density at radius 2 is 0.618 bits per heavy atom. The lowest BCUT2D eigenvalue weighted by molar-refractivity contribution is -0.0690. The first-order valence-electron chi connectivity index (χ1n) is 11.8. The van der Waals surface area contributed by atoms with Crippen LogP contribution in [0.25, 0.3) is 21.5 Å². The molecule has 0 aromatic heterocycles. The number of ether oxygens (including phenoxy) is 4. The summed E-state index contributed by atoms with van der Waals surface area (Å²) in [6.45, 7) is 11.0. The molecule has 0 spiro atoms. The Morgan fingerprint density at radius 3 is 0.853 bits per heavy atom. The lowest BCUT2D eigenvalue weighted by atomic mass is 9.96. The maximum atomic E-state index is 5.99. The van der Waals surface area contributed by atoms with Crippen molar-refractivity contribution in [3.8, 4) is 0 Å². The van der Waals surface area contributed by atoms with E-state index < -0.39 is 0 Å². The highest BCUT2D eigenvalue weighted by Gasteiger charge is 2.12. The van der Waals surface area contributed by atoms with Crippen LogP contribution in [0, 0.1) is 27.7 Å². The summed E-state index contributed by atoms with van der Waals surface area (Å²) in [4.78, 5) is 0. The van der Waals surface area contributed by atoms with Gasteiger partial charge in [-0.15, -0.1) is 0 Å². The molecule has 0 amide bonds. The molecule has 34 heavy (non-hydrogen) atoms. The van der Waals surface area contributed by atoms with Crippen LogP contribution in [-0.4, -0.2) is 13.6 Å². The minimum atomic E-state index is 0.244. The van der Waals surface area contributed by atoms with E-state index in [-0.39, 0.29) is 13.6 Å². The van der Waals surface area contributed by atoms with Crippen molar-refractivity contribution in [1.29, 1.82) is 0 Å². The van der Waals surface area contributed by atoms with Crippen molar-refractivity contribution < 1.29 is 18.9 Å². The number of hydrogen-bond acceptors (Lipinski definition) is 4. The summed E-state index contributed by atoms with van der Waals surface area (Å²) in [6, 6.07) is 17.7. The van der Waals surface area contributed by atoms with E-state index in [4.69, 9.17) is 18.9 Å². The number of aryl methyl sites for hydroxylation is 4. The molecule has 1 aliphatic heterocycles. The van der Waals surface area contributed by atoms with Gasteiger partial charge in [-0.1, -0.05) is 70.8 Å². The first kappa shape index (κ1) is 23.0. The van der Waals surface area contributed by atoms with E-state index in [1.807, 2.05) is 0 Å². The van der Waals surface area contributed by atoms with Gasteiger partial charge >= 0.3 is 0 Å². The lowest BCUT2D eigenvalue weighted by Gasteiger charge is -2.17. The molecular formula is C30H32O4. The Morgan fingerprint density at radius 1 is 0.382 bits per heavy atom. The van der Waals surface area contributed by atoms with Crippen LogP contribution in [0.3, 0.4) is 0 Å². The molecule has 0 N–H and O–H groups in total. The topological polar surface area (TPSA) is 36.9 Å². The van der Waals surface area contributed by atoms with Crippen LogP contribution < -0.4 is 0 Å². The molecular weight excluding hydrogens is 424 g/mol. The molecule has 0 aliphatic carbocycles. The van der Waals surface area contributed by atoms with Crippen LogP contribution in [0.4, 0.5) is 0 Å². The monoisotopic (exact) mass is 456 g/mol. The zero-order valence-corrected chi connectivity index (χ0v) is 20.5. The zero-order valence-electron chi connectivity index (χ0n) is 20.5. The van der Waals surface area contributed by atoms with Gasteiger partial charge in [0.2, 0.25) is 0 Å². The van der Waals surface area contributed by atoms with Crippen molar-refractivity contribution in [3.05, 3.63) is 93.0 Å². The minimum absolute atomic E-state index is 0.244. The second kappa shape index (κ2) is 9.85. The van der Waals surface area contributed by atoms with Gasteiger partial charge in [-0.2, -0.15) is 0 Å². The highest BCUT2D eigenvalue weighted by atomic mass is 16.7. The Hall–Kier alpha value is -2.76. The van der Waals surface area contributed by atoms with Gasteiger partial charge in [0.25, 0.3) is 0 Å². The summed E-state index contributed by atoms with van der Waals surface area (Å²) in [7, 11) is 0. The number of benzene rings is 4. The third-order valence-corrected chi connectivity index (χ3v) is 6.42. The summed E-state index contributed by atoms with van der Waals surface area (Å²) in [5.41, 5.74) is 9.50. The maximum Gasteiger partial charge on any atom is 0.147 e. The molecule has 4 aromatic carbocycles. The largest absolute Gasteiger partial charge is 0.351 e. The molecule has 1 aliphatic rings. The van der Waals surface area contributed by atoms with Gasteiger partial charge in [-0.25, -0.2) is 0 Å². The second-order valence-electron chi connectivity index (χ2n) is 9.52. The first-order valence-corrected chi connectivity index (χ1v) is 11.8. The Labute approximate surface area is 201 Å². The fraction of sp³-hybridized carbons (Fsp3) is 0.333. The maximum absolute atomic E-state index is 5.99. The van der Waals surface area contributed by atoms with E-state index in [9.17, 15) is 0 Å². The van der Waals surface area contributed by atoms with Crippen molar-refractivity contribution in [3.63, 3.8) is 0 Å². The quantitative estimate of drug-likeness (QED) is 0.288. The van der Waals surface area contributed by atoms with Crippen LogP contribution in [0.2, 0.25) is 0 Å². The van der Waals surface area contributed by atoms with Gasteiger partial charge in [0.15, 0.2) is 0 Å². The van der Waals surface area contributed by atoms with Crippen LogP contribution in [-0.2, 0) is 45.4 Å². The van der Waals surface area contributed by atoms with Gasteiger partial charge in [0.1, 0.15) is 13.6 Å². The van der Waals surface area contributed by atoms with Gasteiger partial charge in [-0.3, -0.25) is 0 Å². The Balaban J connectivity index is 1.50. The molecule has 0 atom stereocenters. The van der Waals surface area contributed by atoms with Gasteiger partial charge in [-0.05, 0) is 71.5 Å². The molecule has 0 fully saturated rings. The molecule has 0 saturated carbocycles. The summed E-state index contributed by atoms with van der Waals surface area (Å²) in [5.74, 6) is 0. The van der Waals surface area contributed by atoms with Crippen molar-refractivity contribution in [2.24, 2.45) is 0 Å². The molecule has 1 heterocycles. The Kier molecular flexibility index (Phi) is 6.66. The third kappa shape index (κ3) is 4.86. The summed E-state index contributed by atoms with van der Waals surface area (Å²) in [5, 5.41) is 4.82. The minimum Gasteiger partial charge on any atom is -0.351 e. The second-order valence-corrected chi connectivity index (χ2v) is 9.52. The molecule has 4 heteroatoms. The third-order valence-electron chi connectivity index (χ3n) is 6.42. The number of hydrogen-bond donors (Lipinski definition) is 0. The van der Waals surface area contributed by atoms with E-state index >= 15 is 0 Å². The van der Waals surface area contributed by atoms with E-state index in [1.54, 1.807) is 0 Å². The standard InChI is InChI=1S/C30H32O4/c1-19-5-23-13-31-17-33-15-25-7-21(3)12-30-26(8-22(4)11-29(25)30)16-34-18-32-14-24-6-20(2)10-28(23)27(24)9-19/h5-12H,13-18H2,1-4H3. The molecule has 176 valence electrons. The molecule has 0 saturated heterocycles. The van der Waals surface area contributed by atoms with Gasteiger partial charge in [0.05, 0.1) is 26.4 Å². The molecule has 5 rings (SSSR count). The fourth-order valence-electron chi connectivity index (χ4n) is 5.06. The van der Waals surface area contributed by atoms with E-state index in [2.05, 4.69) is 76.2 Å². The molecule has 0 unspecified atom stereocenters. The average molecular weight is 457 g/mol. The molecule has 4 aromatic rings. The molecule has 8 bridgehead atoms. The average Bonchev–Trinajstić information content (AvgIpc) is 2.78. The highest BCUT2D eigenvalue weighted by molar-refractivity contribution is 5.91.